The highest BCUT2D eigenvalue weighted by Crippen LogP contribution is 2.14. The number of hydrogen-bond acceptors (Lipinski definition) is 0. The van der Waals surface area contributed by atoms with Gasteiger partial charge in [-0.15, -0.1) is 0 Å². The Hall–Kier alpha value is -0.260. The number of unbranched alkanes of at least 4 members (excludes halogenated alkanes) is 3. The Balaban J connectivity index is 3.33. The lowest BCUT2D eigenvalue weighted by Gasteiger charge is -2.04. The summed E-state index contributed by atoms with van der Waals surface area (Å²) in [5.41, 5.74) is 1.66. The van der Waals surface area contributed by atoms with Gasteiger partial charge in [0.25, 0.3) is 0 Å². The van der Waals surface area contributed by atoms with Gasteiger partial charge in [-0.05, 0) is 26.2 Å². The Kier molecular flexibility index (Phi) is 8.64. The third-order valence-corrected chi connectivity index (χ3v) is 2.33. The topological polar surface area (TPSA) is 0 Å². The van der Waals surface area contributed by atoms with Gasteiger partial charge in [-0.1, -0.05) is 51.2 Å². The van der Waals surface area contributed by atoms with Crippen molar-refractivity contribution in [3.63, 3.8) is 0 Å². The third-order valence-electron chi connectivity index (χ3n) is 2.33. The van der Waals surface area contributed by atoms with E-state index in [0.717, 1.165) is 0 Å². The van der Waals surface area contributed by atoms with Gasteiger partial charge < -0.3 is 0 Å². The van der Waals surface area contributed by atoms with Gasteiger partial charge in [0.2, 0.25) is 0 Å². The molecule has 0 aromatic carbocycles. The number of rotatable bonds is 7. The lowest BCUT2D eigenvalue weighted by Crippen LogP contribution is -1.84. The number of allylic oxidation sites excluding steroid dienone is 2. The molecule has 0 bridgehead atoms. The summed E-state index contributed by atoms with van der Waals surface area (Å²) in [6.07, 6.45) is 11.8. The molecule has 0 amide bonds. The molecule has 0 N–H and O–H groups in total. The number of hydrogen-bond donors (Lipinski definition) is 0. The first-order chi connectivity index (χ1) is 5.85. The molecule has 0 unspecified atom stereocenters. The minimum absolute atomic E-state index is 1.30. The summed E-state index contributed by atoms with van der Waals surface area (Å²) >= 11 is 0. The molecule has 0 rings (SSSR count). The van der Waals surface area contributed by atoms with Gasteiger partial charge in [-0.25, -0.2) is 0 Å². The van der Waals surface area contributed by atoms with Crippen molar-refractivity contribution >= 4 is 0 Å². The minimum atomic E-state index is 1.30. The van der Waals surface area contributed by atoms with E-state index >= 15 is 0 Å². The molecule has 0 aliphatic carbocycles. The fourth-order valence-corrected chi connectivity index (χ4v) is 1.51. The van der Waals surface area contributed by atoms with E-state index in [9.17, 15) is 0 Å². The summed E-state index contributed by atoms with van der Waals surface area (Å²) in [5, 5.41) is 0. The van der Waals surface area contributed by atoms with Crippen LogP contribution in [0.1, 0.15) is 65.7 Å². The van der Waals surface area contributed by atoms with Gasteiger partial charge >= 0.3 is 0 Å². The lowest BCUT2D eigenvalue weighted by molar-refractivity contribution is 0.651. The van der Waals surface area contributed by atoms with Gasteiger partial charge in [0, 0.05) is 0 Å². The molecule has 0 spiro atoms. The molecule has 0 aliphatic heterocycles. The lowest BCUT2D eigenvalue weighted by atomic mass is 10.0. The maximum Gasteiger partial charge on any atom is -0.0320 e. The third kappa shape index (κ3) is 6.45. The molecule has 12 heavy (non-hydrogen) atoms. The van der Waals surface area contributed by atoms with Crippen molar-refractivity contribution in [2.75, 3.05) is 0 Å². The van der Waals surface area contributed by atoms with Crippen LogP contribution in [0.5, 0.6) is 0 Å². The quantitative estimate of drug-likeness (QED) is 0.382. The van der Waals surface area contributed by atoms with Gasteiger partial charge in [-0.3, -0.25) is 0 Å². The summed E-state index contributed by atoms with van der Waals surface area (Å²) in [6, 6.07) is 0. The van der Waals surface area contributed by atoms with E-state index in [1.165, 1.54) is 44.9 Å². The van der Waals surface area contributed by atoms with Crippen LogP contribution in [0.3, 0.4) is 0 Å². The molecule has 0 nitrogen and oxygen atoms in total. The molecule has 0 saturated heterocycles. The Labute approximate surface area is 78.1 Å². The van der Waals surface area contributed by atoms with Crippen LogP contribution in [0.4, 0.5) is 0 Å². The standard InChI is InChI=1S/C12H24/c1-4-7-8-9-11-12(6-3)10-5-2/h6H,4-5,7-11H2,1-3H3. The van der Waals surface area contributed by atoms with Crippen LogP contribution >= 0.6 is 0 Å². The van der Waals surface area contributed by atoms with E-state index in [1.807, 2.05) is 0 Å². The molecular formula is C12H24. The molecule has 72 valence electrons. The maximum absolute atomic E-state index is 2.30. The van der Waals surface area contributed by atoms with E-state index in [-0.39, 0.29) is 0 Å². The fourth-order valence-electron chi connectivity index (χ4n) is 1.51. The molecule has 0 radical (unpaired) electrons. The molecule has 0 saturated carbocycles. The highest BCUT2D eigenvalue weighted by molar-refractivity contribution is 4.99. The second-order valence-electron chi connectivity index (χ2n) is 3.51. The van der Waals surface area contributed by atoms with E-state index in [2.05, 4.69) is 26.8 Å². The van der Waals surface area contributed by atoms with Crippen LogP contribution in [-0.4, -0.2) is 0 Å². The van der Waals surface area contributed by atoms with Crippen LogP contribution < -0.4 is 0 Å². The second kappa shape index (κ2) is 8.83. The zero-order valence-corrected chi connectivity index (χ0v) is 9.03. The van der Waals surface area contributed by atoms with E-state index in [4.69, 9.17) is 0 Å². The summed E-state index contributed by atoms with van der Waals surface area (Å²) in [5.74, 6) is 0. The average molecular weight is 168 g/mol. The molecule has 0 aromatic rings. The van der Waals surface area contributed by atoms with E-state index in [1.54, 1.807) is 5.57 Å². The van der Waals surface area contributed by atoms with Gasteiger partial charge in [0.1, 0.15) is 0 Å². The fraction of sp³-hybridized carbons (Fsp3) is 0.833. The van der Waals surface area contributed by atoms with Crippen molar-refractivity contribution in [1.82, 2.24) is 0 Å². The zero-order chi connectivity index (χ0) is 9.23. The average Bonchev–Trinajstić information content (AvgIpc) is 2.10. The van der Waals surface area contributed by atoms with Gasteiger partial charge in [0.05, 0.1) is 0 Å². The largest absolute Gasteiger partial charge is 0.0885 e. The van der Waals surface area contributed by atoms with Crippen LogP contribution in [0, 0.1) is 0 Å². The first-order valence-electron chi connectivity index (χ1n) is 5.49. The second-order valence-corrected chi connectivity index (χ2v) is 3.51. The predicted octanol–water partition coefficient (Wildman–Crippen LogP) is 4.70. The molecule has 0 aromatic heterocycles. The molecule has 0 heterocycles. The Bertz CT molecular complexity index is 111. The highest BCUT2D eigenvalue weighted by Gasteiger charge is 1.94. The Morgan fingerprint density at radius 1 is 0.917 bits per heavy atom. The van der Waals surface area contributed by atoms with Crippen molar-refractivity contribution < 1.29 is 0 Å². The normalized spacial score (nSPS) is 12.1. The first kappa shape index (κ1) is 11.7. The summed E-state index contributed by atoms with van der Waals surface area (Å²) in [7, 11) is 0. The van der Waals surface area contributed by atoms with Crippen molar-refractivity contribution in [2.24, 2.45) is 0 Å². The smallest absolute Gasteiger partial charge is 0.0320 e. The Morgan fingerprint density at radius 2 is 1.67 bits per heavy atom. The molecule has 0 atom stereocenters. The minimum Gasteiger partial charge on any atom is -0.0885 e. The maximum atomic E-state index is 2.30. The first-order valence-corrected chi connectivity index (χ1v) is 5.49. The monoisotopic (exact) mass is 168 g/mol. The SMILES string of the molecule is CC=C(CCC)CCCCCC. The molecule has 0 heteroatoms. The molecular weight excluding hydrogens is 144 g/mol. The zero-order valence-electron chi connectivity index (χ0n) is 9.03. The van der Waals surface area contributed by atoms with Crippen LogP contribution in [-0.2, 0) is 0 Å². The van der Waals surface area contributed by atoms with Crippen LogP contribution in [0.25, 0.3) is 0 Å². The van der Waals surface area contributed by atoms with E-state index < -0.39 is 0 Å². The van der Waals surface area contributed by atoms with Crippen LogP contribution in [0.2, 0.25) is 0 Å². The van der Waals surface area contributed by atoms with E-state index in [0.29, 0.717) is 0 Å². The molecule has 0 aliphatic rings. The Morgan fingerprint density at radius 3 is 2.17 bits per heavy atom. The van der Waals surface area contributed by atoms with Crippen molar-refractivity contribution in [3.05, 3.63) is 11.6 Å². The van der Waals surface area contributed by atoms with Crippen molar-refractivity contribution in [1.29, 1.82) is 0 Å². The van der Waals surface area contributed by atoms with Gasteiger partial charge in [-0.2, -0.15) is 0 Å². The highest BCUT2D eigenvalue weighted by atomic mass is 14.0. The van der Waals surface area contributed by atoms with Crippen molar-refractivity contribution in [3.8, 4) is 0 Å². The predicted molar refractivity (Wildman–Crippen MR) is 57.4 cm³/mol. The van der Waals surface area contributed by atoms with Crippen LogP contribution in [0.15, 0.2) is 11.6 Å². The summed E-state index contributed by atoms with van der Waals surface area (Å²) < 4.78 is 0. The van der Waals surface area contributed by atoms with Gasteiger partial charge in [0.15, 0.2) is 0 Å². The summed E-state index contributed by atoms with van der Waals surface area (Å²) in [6.45, 7) is 6.70. The molecule has 0 fully saturated rings. The summed E-state index contributed by atoms with van der Waals surface area (Å²) in [4.78, 5) is 0. The van der Waals surface area contributed by atoms with Crippen molar-refractivity contribution in [2.45, 2.75) is 65.7 Å².